The Morgan fingerprint density at radius 3 is 2.21 bits per heavy atom. The zero-order chi connectivity index (χ0) is 20.5. The quantitative estimate of drug-likeness (QED) is 0.258. The number of carbonyl (C=O) groups is 3. The summed E-state index contributed by atoms with van der Waals surface area (Å²) < 4.78 is 5.25. The number of nitro groups is 1. The smallest absolute Gasteiger partial charge is 0.343 e. The molecule has 0 N–H and O–H groups in total. The molecule has 0 radical (unpaired) electrons. The lowest BCUT2D eigenvalue weighted by molar-refractivity contribution is -0.384. The first-order chi connectivity index (χ1) is 14.0. The number of ether oxygens (including phenoxy) is 1. The number of anilines is 1. The molecule has 1 heterocycles. The first-order valence-corrected chi connectivity index (χ1v) is 9.40. The van der Waals surface area contributed by atoms with E-state index in [4.69, 9.17) is 4.74 Å². The number of esters is 1. The maximum atomic E-state index is 12.7. The number of amides is 2. The molecule has 1 aliphatic carbocycles. The Kier molecular flexibility index (Phi) is 4.84. The maximum Gasteiger partial charge on any atom is 0.343 e. The van der Waals surface area contributed by atoms with E-state index in [9.17, 15) is 24.5 Å². The van der Waals surface area contributed by atoms with Crippen LogP contribution >= 0.6 is 0 Å². The molecule has 29 heavy (non-hydrogen) atoms. The van der Waals surface area contributed by atoms with Crippen molar-refractivity contribution < 1.29 is 24.0 Å². The van der Waals surface area contributed by atoms with E-state index in [1.165, 1.54) is 41.3 Å². The molecule has 2 amide bonds. The predicted octanol–water partition coefficient (Wildman–Crippen LogP) is 3.49. The summed E-state index contributed by atoms with van der Waals surface area (Å²) >= 11 is 0. The normalized spacial score (nSPS) is 21.0. The highest BCUT2D eigenvalue weighted by Crippen LogP contribution is 2.40. The van der Waals surface area contributed by atoms with Crippen molar-refractivity contribution in [1.82, 2.24) is 0 Å². The number of carbonyl (C=O) groups excluding carboxylic acids is 3. The molecule has 1 aliphatic heterocycles. The van der Waals surface area contributed by atoms with Gasteiger partial charge in [-0.15, -0.1) is 0 Å². The molecule has 2 aliphatic rings. The van der Waals surface area contributed by atoms with Crippen LogP contribution in [-0.2, 0) is 9.59 Å². The summed E-state index contributed by atoms with van der Waals surface area (Å²) in [6.45, 7) is 0. The standard InChI is InChI=1S/C21H18N2O6/c24-19-17-6-1-2-7-18(17)20(25)22(19)15-5-3-4-13(12-15)21(26)29-16-10-8-14(9-11-16)23(27)28/h3-5,8-12,17-18H,1-2,6-7H2. The summed E-state index contributed by atoms with van der Waals surface area (Å²) in [7, 11) is 0. The molecule has 8 nitrogen and oxygen atoms in total. The summed E-state index contributed by atoms with van der Waals surface area (Å²) in [6, 6.07) is 11.3. The number of benzene rings is 2. The molecule has 1 saturated carbocycles. The first kappa shape index (κ1) is 18.8. The van der Waals surface area contributed by atoms with Gasteiger partial charge < -0.3 is 4.74 Å². The zero-order valence-corrected chi connectivity index (χ0v) is 15.4. The molecule has 0 spiro atoms. The number of non-ortho nitro benzene ring substituents is 1. The van der Waals surface area contributed by atoms with E-state index < -0.39 is 10.9 Å². The van der Waals surface area contributed by atoms with E-state index in [-0.39, 0.29) is 40.7 Å². The Bertz CT molecular complexity index is 976. The van der Waals surface area contributed by atoms with Crippen molar-refractivity contribution in [2.75, 3.05) is 4.90 Å². The third-order valence-corrected chi connectivity index (χ3v) is 5.44. The number of nitrogens with zero attached hydrogens (tertiary/aromatic N) is 2. The summed E-state index contributed by atoms with van der Waals surface area (Å²) in [6.07, 6.45) is 3.31. The second kappa shape index (κ2) is 7.46. The Morgan fingerprint density at radius 1 is 1.00 bits per heavy atom. The highest BCUT2D eigenvalue weighted by molar-refractivity contribution is 6.22. The Labute approximate surface area is 166 Å². The van der Waals surface area contributed by atoms with Crippen LogP contribution in [0, 0.1) is 22.0 Å². The van der Waals surface area contributed by atoms with Crippen molar-refractivity contribution in [2.45, 2.75) is 25.7 Å². The van der Waals surface area contributed by atoms with E-state index in [1.807, 2.05) is 0 Å². The van der Waals surface area contributed by atoms with Crippen LogP contribution in [0.25, 0.3) is 0 Å². The van der Waals surface area contributed by atoms with Crippen LogP contribution in [0.5, 0.6) is 5.75 Å². The Hall–Kier alpha value is -3.55. The van der Waals surface area contributed by atoms with Gasteiger partial charge in [0.05, 0.1) is 28.0 Å². The summed E-state index contributed by atoms with van der Waals surface area (Å²) in [4.78, 5) is 49.3. The minimum absolute atomic E-state index is 0.112. The fraction of sp³-hybridized carbons (Fsp3) is 0.286. The van der Waals surface area contributed by atoms with E-state index in [0.717, 1.165) is 12.8 Å². The monoisotopic (exact) mass is 394 g/mol. The van der Waals surface area contributed by atoms with Crippen LogP contribution in [0.3, 0.4) is 0 Å². The van der Waals surface area contributed by atoms with E-state index >= 15 is 0 Å². The second-order valence-electron chi connectivity index (χ2n) is 7.20. The van der Waals surface area contributed by atoms with Crippen molar-refractivity contribution >= 4 is 29.2 Å². The molecule has 0 bridgehead atoms. The average molecular weight is 394 g/mol. The van der Waals surface area contributed by atoms with Gasteiger partial charge in [0.25, 0.3) is 5.69 Å². The molecular weight excluding hydrogens is 376 g/mol. The topological polar surface area (TPSA) is 107 Å². The number of imide groups is 1. The fourth-order valence-electron chi connectivity index (χ4n) is 3.99. The Balaban J connectivity index is 1.54. The largest absolute Gasteiger partial charge is 0.423 e. The van der Waals surface area contributed by atoms with E-state index in [0.29, 0.717) is 18.5 Å². The number of hydrogen-bond donors (Lipinski definition) is 0. The molecule has 1 saturated heterocycles. The molecule has 2 unspecified atom stereocenters. The second-order valence-corrected chi connectivity index (χ2v) is 7.20. The molecule has 2 aromatic rings. The van der Waals surface area contributed by atoms with Crippen LogP contribution in [0.2, 0.25) is 0 Å². The Morgan fingerprint density at radius 2 is 1.62 bits per heavy atom. The van der Waals surface area contributed by atoms with Gasteiger partial charge in [-0.25, -0.2) is 4.79 Å². The lowest BCUT2D eigenvalue weighted by Gasteiger charge is -2.19. The number of nitro benzene ring substituents is 1. The number of rotatable bonds is 4. The van der Waals surface area contributed by atoms with Gasteiger partial charge in [0, 0.05) is 12.1 Å². The van der Waals surface area contributed by atoms with Gasteiger partial charge in [-0.3, -0.25) is 24.6 Å². The number of fused-ring (bicyclic) bond motifs is 1. The average Bonchev–Trinajstić information content (AvgIpc) is 2.99. The lowest BCUT2D eigenvalue weighted by Crippen LogP contribution is -2.31. The van der Waals surface area contributed by atoms with Crippen LogP contribution in [0.1, 0.15) is 36.0 Å². The van der Waals surface area contributed by atoms with Gasteiger partial charge in [-0.1, -0.05) is 18.9 Å². The first-order valence-electron chi connectivity index (χ1n) is 9.40. The zero-order valence-electron chi connectivity index (χ0n) is 15.4. The highest BCUT2D eigenvalue weighted by Gasteiger charge is 2.48. The summed E-state index contributed by atoms with van der Waals surface area (Å²) in [5.74, 6) is -1.48. The molecule has 0 aromatic heterocycles. The number of hydrogen-bond acceptors (Lipinski definition) is 6. The SMILES string of the molecule is O=C(Oc1ccc([N+](=O)[O-])cc1)c1cccc(N2C(=O)C3CCCCC3C2=O)c1. The van der Waals surface area contributed by atoms with Gasteiger partial charge in [-0.05, 0) is 43.2 Å². The van der Waals surface area contributed by atoms with Gasteiger partial charge in [-0.2, -0.15) is 0 Å². The summed E-state index contributed by atoms with van der Waals surface area (Å²) in [5, 5.41) is 10.7. The molecular formula is C21H18N2O6. The predicted molar refractivity (Wildman–Crippen MR) is 102 cm³/mol. The van der Waals surface area contributed by atoms with Gasteiger partial charge in [0.2, 0.25) is 11.8 Å². The third-order valence-electron chi connectivity index (χ3n) is 5.44. The van der Waals surface area contributed by atoms with Crippen LogP contribution in [-0.4, -0.2) is 22.7 Å². The van der Waals surface area contributed by atoms with Gasteiger partial charge in [0.15, 0.2) is 0 Å². The minimum atomic E-state index is -0.683. The van der Waals surface area contributed by atoms with Crippen molar-refractivity contribution in [3.05, 3.63) is 64.2 Å². The molecule has 2 atom stereocenters. The molecule has 148 valence electrons. The molecule has 4 rings (SSSR count). The van der Waals surface area contributed by atoms with Gasteiger partial charge in [0.1, 0.15) is 5.75 Å². The van der Waals surface area contributed by atoms with E-state index in [1.54, 1.807) is 12.1 Å². The van der Waals surface area contributed by atoms with Crippen molar-refractivity contribution in [2.24, 2.45) is 11.8 Å². The van der Waals surface area contributed by atoms with E-state index in [2.05, 4.69) is 0 Å². The maximum absolute atomic E-state index is 12.7. The fourth-order valence-corrected chi connectivity index (χ4v) is 3.99. The molecule has 2 fully saturated rings. The minimum Gasteiger partial charge on any atom is -0.423 e. The van der Waals surface area contributed by atoms with Crippen LogP contribution in [0.4, 0.5) is 11.4 Å². The highest BCUT2D eigenvalue weighted by atomic mass is 16.6. The molecule has 8 heteroatoms. The van der Waals surface area contributed by atoms with Crippen molar-refractivity contribution in [1.29, 1.82) is 0 Å². The third kappa shape index (κ3) is 3.49. The summed E-state index contributed by atoms with van der Waals surface area (Å²) in [5.41, 5.74) is 0.420. The van der Waals surface area contributed by atoms with Gasteiger partial charge >= 0.3 is 5.97 Å². The van der Waals surface area contributed by atoms with Crippen LogP contribution in [0.15, 0.2) is 48.5 Å². The molecule has 2 aromatic carbocycles. The van der Waals surface area contributed by atoms with Crippen LogP contribution < -0.4 is 9.64 Å². The van der Waals surface area contributed by atoms with Crippen molar-refractivity contribution in [3.8, 4) is 5.75 Å². The van der Waals surface area contributed by atoms with Crippen molar-refractivity contribution in [3.63, 3.8) is 0 Å². The lowest BCUT2D eigenvalue weighted by atomic mass is 9.81.